The third-order valence-electron chi connectivity index (χ3n) is 4.93. The second-order valence-electron chi connectivity index (χ2n) is 7.01. The highest BCUT2D eigenvalue weighted by molar-refractivity contribution is 6.00. The molecule has 3 rings (SSSR count). The zero-order chi connectivity index (χ0) is 20.8. The van der Waals surface area contributed by atoms with E-state index in [1.807, 2.05) is 30.3 Å². The summed E-state index contributed by atoms with van der Waals surface area (Å²) < 4.78 is 18.3. The number of urea groups is 1. The predicted molar refractivity (Wildman–Crippen MR) is 106 cm³/mol. The monoisotopic (exact) mass is 398 g/mol. The highest BCUT2D eigenvalue weighted by Crippen LogP contribution is 2.21. The molecule has 1 heterocycles. The van der Waals surface area contributed by atoms with Crippen molar-refractivity contribution in [3.8, 4) is 0 Å². The number of ketones is 1. The van der Waals surface area contributed by atoms with Crippen molar-refractivity contribution in [2.45, 2.75) is 25.9 Å². The molecule has 1 aliphatic rings. The van der Waals surface area contributed by atoms with Crippen LogP contribution >= 0.6 is 0 Å². The number of benzene rings is 2. The third kappa shape index (κ3) is 5.40. The lowest BCUT2D eigenvalue weighted by Gasteiger charge is -2.31. The molecule has 1 fully saturated rings. The van der Waals surface area contributed by atoms with Gasteiger partial charge < -0.3 is 15.0 Å². The molecule has 1 saturated heterocycles. The number of piperidine rings is 1. The number of likely N-dealkylation sites (tertiary alicyclic amines) is 1. The van der Waals surface area contributed by atoms with Crippen LogP contribution in [0.3, 0.4) is 0 Å². The Kier molecular flexibility index (Phi) is 6.59. The van der Waals surface area contributed by atoms with Crippen LogP contribution in [0.2, 0.25) is 0 Å². The minimum absolute atomic E-state index is 0.206. The van der Waals surface area contributed by atoms with Gasteiger partial charge in [-0.1, -0.05) is 18.2 Å². The molecule has 0 aromatic heterocycles. The Balaban J connectivity index is 1.47. The maximum absolute atomic E-state index is 13.0. The van der Waals surface area contributed by atoms with Crippen molar-refractivity contribution in [3.63, 3.8) is 0 Å². The second-order valence-corrected chi connectivity index (χ2v) is 7.01. The molecule has 6 nitrogen and oxygen atoms in total. The number of para-hydroxylation sites is 1. The van der Waals surface area contributed by atoms with Gasteiger partial charge in [0.05, 0.1) is 5.92 Å². The van der Waals surface area contributed by atoms with Gasteiger partial charge in [-0.05, 0) is 56.2 Å². The number of Topliss-reactive ketones (excluding diaryl/α,β-unsaturated/α-hetero) is 1. The third-order valence-corrected chi connectivity index (χ3v) is 4.93. The Morgan fingerprint density at radius 3 is 2.28 bits per heavy atom. The molecule has 0 aliphatic carbocycles. The van der Waals surface area contributed by atoms with Gasteiger partial charge in [-0.25, -0.2) is 9.18 Å². The molecule has 0 saturated carbocycles. The number of amides is 2. The standard InChI is InChI=1S/C22H23FN2O4/c1-15(20(26)16-7-9-18(23)10-8-16)29-21(27)17-11-13-25(14-12-17)22(28)24-19-5-3-2-4-6-19/h2-10,15,17H,11-14H2,1H3,(H,24,28)/t15-/m0/s1. The highest BCUT2D eigenvalue weighted by atomic mass is 19.1. The molecule has 1 atom stereocenters. The molecule has 1 aliphatic heterocycles. The zero-order valence-corrected chi connectivity index (χ0v) is 16.1. The van der Waals surface area contributed by atoms with E-state index in [1.54, 1.807) is 4.90 Å². The van der Waals surface area contributed by atoms with E-state index in [-0.39, 0.29) is 17.7 Å². The van der Waals surface area contributed by atoms with Crippen molar-refractivity contribution in [3.05, 3.63) is 66.0 Å². The van der Waals surface area contributed by atoms with Gasteiger partial charge in [0.15, 0.2) is 6.10 Å². The number of hydrogen-bond donors (Lipinski definition) is 1. The van der Waals surface area contributed by atoms with E-state index in [0.717, 1.165) is 0 Å². The Hall–Kier alpha value is -3.22. The molecular formula is C22H23FN2O4. The summed E-state index contributed by atoms with van der Waals surface area (Å²) in [7, 11) is 0. The number of halogens is 1. The number of carbonyl (C=O) groups is 3. The van der Waals surface area contributed by atoms with Gasteiger partial charge in [0.1, 0.15) is 5.82 Å². The first kappa shape index (κ1) is 20.5. The Morgan fingerprint density at radius 1 is 1.03 bits per heavy atom. The molecule has 0 unspecified atom stereocenters. The lowest BCUT2D eigenvalue weighted by atomic mass is 9.97. The molecule has 0 bridgehead atoms. The van der Waals surface area contributed by atoms with Gasteiger partial charge in [0.2, 0.25) is 5.78 Å². The average Bonchev–Trinajstić information content (AvgIpc) is 2.74. The van der Waals surface area contributed by atoms with E-state index in [4.69, 9.17) is 4.74 Å². The predicted octanol–water partition coefficient (Wildman–Crippen LogP) is 3.88. The fourth-order valence-corrected chi connectivity index (χ4v) is 3.22. The van der Waals surface area contributed by atoms with Crippen LogP contribution in [0.15, 0.2) is 54.6 Å². The first-order chi connectivity index (χ1) is 13.9. The number of ether oxygens (including phenoxy) is 1. The average molecular weight is 398 g/mol. The van der Waals surface area contributed by atoms with E-state index in [1.165, 1.54) is 31.2 Å². The number of esters is 1. The minimum Gasteiger partial charge on any atom is -0.454 e. The minimum atomic E-state index is -0.952. The van der Waals surface area contributed by atoms with Crippen molar-refractivity contribution < 1.29 is 23.5 Å². The van der Waals surface area contributed by atoms with Gasteiger partial charge in [0, 0.05) is 24.3 Å². The van der Waals surface area contributed by atoms with Crippen molar-refractivity contribution in [2.75, 3.05) is 18.4 Å². The van der Waals surface area contributed by atoms with E-state index in [0.29, 0.717) is 37.2 Å². The number of hydrogen-bond acceptors (Lipinski definition) is 4. The topological polar surface area (TPSA) is 75.7 Å². The normalized spacial score (nSPS) is 15.4. The van der Waals surface area contributed by atoms with Gasteiger partial charge in [-0.3, -0.25) is 9.59 Å². The molecule has 2 aromatic carbocycles. The molecule has 1 N–H and O–H groups in total. The Morgan fingerprint density at radius 2 is 1.66 bits per heavy atom. The molecular weight excluding hydrogens is 375 g/mol. The molecule has 2 aromatic rings. The molecule has 152 valence electrons. The van der Waals surface area contributed by atoms with Crippen LogP contribution in [0, 0.1) is 11.7 Å². The first-order valence-electron chi connectivity index (χ1n) is 9.55. The Labute approximate surface area is 168 Å². The van der Waals surface area contributed by atoms with Gasteiger partial charge in [-0.2, -0.15) is 0 Å². The van der Waals surface area contributed by atoms with Crippen LogP contribution in [0.25, 0.3) is 0 Å². The van der Waals surface area contributed by atoms with E-state index < -0.39 is 17.9 Å². The lowest BCUT2D eigenvalue weighted by Crippen LogP contribution is -2.43. The van der Waals surface area contributed by atoms with Crippen molar-refractivity contribution in [1.82, 2.24) is 4.90 Å². The maximum atomic E-state index is 13.0. The zero-order valence-electron chi connectivity index (χ0n) is 16.1. The summed E-state index contributed by atoms with van der Waals surface area (Å²) in [5.41, 5.74) is 1.01. The smallest absolute Gasteiger partial charge is 0.321 e. The molecule has 0 spiro atoms. The fourth-order valence-electron chi connectivity index (χ4n) is 3.22. The lowest BCUT2D eigenvalue weighted by molar-refractivity contribution is -0.152. The van der Waals surface area contributed by atoms with Gasteiger partial charge in [0.25, 0.3) is 0 Å². The van der Waals surface area contributed by atoms with Crippen LogP contribution in [-0.4, -0.2) is 41.9 Å². The summed E-state index contributed by atoms with van der Waals surface area (Å²) in [4.78, 5) is 38.7. The molecule has 0 radical (unpaired) electrons. The summed E-state index contributed by atoms with van der Waals surface area (Å²) in [6.45, 7) is 2.36. The van der Waals surface area contributed by atoms with E-state index in [2.05, 4.69) is 5.32 Å². The number of rotatable bonds is 5. The van der Waals surface area contributed by atoms with Crippen LogP contribution in [0.5, 0.6) is 0 Å². The van der Waals surface area contributed by atoms with E-state index in [9.17, 15) is 18.8 Å². The largest absolute Gasteiger partial charge is 0.454 e. The molecule has 2 amide bonds. The van der Waals surface area contributed by atoms with Gasteiger partial charge in [-0.15, -0.1) is 0 Å². The summed E-state index contributed by atoms with van der Waals surface area (Å²) >= 11 is 0. The number of anilines is 1. The van der Waals surface area contributed by atoms with E-state index >= 15 is 0 Å². The summed E-state index contributed by atoms with van der Waals surface area (Å²) in [6, 6.07) is 14.1. The summed E-state index contributed by atoms with van der Waals surface area (Å²) in [6.07, 6.45) is -0.0100. The molecule has 7 heteroatoms. The quantitative estimate of drug-likeness (QED) is 0.613. The first-order valence-corrected chi connectivity index (χ1v) is 9.55. The van der Waals surface area contributed by atoms with Crippen LogP contribution in [-0.2, 0) is 9.53 Å². The summed E-state index contributed by atoms with van der Waals surface area (Å²) in [5.74, 6) is -1.62. The van der Waals surface area contributed by atoms with Crippen LogP contribution in [0.4, 0.5) is 14.9 Å². The molecule has 29 heavy (non-hydrogen) atoms. The summed E-state index contributed by atoms with van der Waals surface area (Å²) in [5, 5.41) is 2.82. The SMILES string of the molecule is C[C@H](OC(=O)C1CCN(C(=O)Nc2ccccc2)CC1)C(=O)c1ccc(F)cc1. The van der Waals surface area contributed by atoms with Crippen molar-refractivity contribution >= 4 is 23.5 Å². The van der Waals surface area contributed by atoms with Crippen molar-refractivity contribution in [1.29, 1.82) is 0 Å². The van der Waals surface area contributed by atoms with Crippen LogP contribution in [0.1, 0.15) is 30.1 Å². The number of carbonyl (C=O) groups excluding carboxylic acids is 3. The number of nitrogens with zero attached hydrogens (tertiary/aromatic N) is 1. The van der Waals surface area contributed by atoms with Crippen molar-refractivity contribution in [2.24, 2.45) is 5.92 Å². The Bertz CT molecular complexity index is 862. The maximum Gasteiger partial charge on any atom is 0.321 e. The second kappa shape index (κ2) is 9.32. The van der Waals surface area contributed by atoms with Gasteiger partial charge >= 0.3 is 12.0 Å². The van der Waals surface area contributed by atoms with Crippen LogP contribution < -0.4 is 5.32 Å². The fraction of sp³-hybridized carbons (Fsp3) is 0.318. The number of nitrogens with one attached hydrogen (secondary N) is 1. The highest BCUT2D eigenvalue weighted by Gasteiger charge is 2.30.